The van der Waals surface area contributed by atoms with Gasteiger partial charge in [-0.25, -0.2) is 0 Å². The van der Waals surface area contributed by atoms with Crippen molar-refractivity contribution in [2.24, 2.45) is 5.92 Å². The number of rotatable bonds is 7. The largest absolute Gasteiger partial charge is 0.332 e. The van der Waals surface area contributed by atoms with Gasteiger partial charge < -0.3 is 10.6 Å². The van der Waals surface area contributed by atoms with Crippen LogP contribution in [0.25, 0.3) is 0 Å². The van der Waals surface area contributed by atoms with E-state index >= 15 is 0 Å². The van der Waals surface area contributed by atoms with Gasteiger partial charge in [0.15, 0.2) is 6.54 Å². The summed E-state index contributed by atoms with van der Waals surface area (Å²) in [5.41, 5.74) is 4.41. The summed E-state index contributed by atoms with van der Waals surface area (Å²) in [6.07, 6.45) is 4.13. The van der Waals surface area contributed by atoms with E-state index in [1.165, 1.54) is 16.0 Å². The van der Waals surface area contributed by atoms with Gasteiger partial charge in [-0.1, -0.05) is 45.0 Å². The number of hydrogen-bond acceptors (Lipinski definition) is 3. The fourth-order valence-electron chi connectivity index (χ4n) is 3.79. The smallest absolute Gasteiger partial charge is 0.280 e. The molecule has 1 amide bonds. The maximum atomic E-state index is 12.5. The van der Waals surface area contributed by atoms with E-state index in [1.54, 1.807) is 11.3 Å². The van der Waals surface area contributed by atoms with E-state index in [2.05, 4.69) is 61.7 Å². The van der Waals surface area contributed by atoms with Crippen molar-refractivity contribution >= 4 is 22.2 Å². The summed E-state index contributed by atoms with van der Waals surface area (Å²) in [4.78, 5) is 13.8. The second-order valence-electron chi connectivity index (χ2n) is 7.53. The van der Waals surface area contributed by atoms with Crippen molar-refractivity contribution < 1.29 is 10.1 Å². The van der Waals surface area contributed by atoms with Gasteiger partial charge in [-0.05, 0) is 36.8 Å². The molecule has 0 aliphatic heterocycles. The number of amides is 1. The molecule has 27 heavy (non-hydrogen) atoms. The molecule has 2 aromatic rings. The van der Waals surface area contributed by atoms with Crippen LogP contribution in [0.5, 0.6) is 0 Å². The number of nitrogens with zero attached hydrogens (tertiary/aromatic N) is 1. The second-order valence-corrected chi connectivity index (χ2v) is 8.63. The minimum absolute atomic E-state index is 0.0396. The first-order chi connectivity index (χ1) is 13.0. The number of hydrogen-bond donors (Lipinski definition) is 2. The number of nitriles is 1. The van der Waals surface area contributed by atoms with Crippen LogP contribution in [0.4, 0.5) is 5.00 Å². The average molecular weight is 383 g/mol. The molecule has 1 aromatic heterocycles. The van der Waals surface area contributed by atoms with E-state index in [-0.39, 0.29) is 11.9 Å². The Bertz CT molecular complexity index is 846. The van der Waals surface area contributed by atoms with Crippen LogP contribution < -0.4 is 10.6 Å². The third-order valence-corrected chi connectivity index (χ3v) is 6.54. The number of aryl methyl sites for hydroxylation is 2. The Balaban J connectivity index is 1.64. The fraction of sp³-hybridized carbons (Fsp3) is 0.455. The quantitative estimate of drug-likeness (QED) is 0.768. The minimum Gasteiger partial charge on any atom is -0.332 e. The highest BCUT2D eigenvalue weighted by Gasteiger charge is 2.24. The highest BCUT2D eigenvalue weighted by molar-refractivity contribution is 7.16. The molecule has 0 unspecified atom stereocenters. The lowest BCUT2D eigenvalue weighted by atomic mass is 9.95. The summed E-state index contributed by atoms with van der Waals surface area (Å²) in [5, 5.41) is 15.3. The van der Waals surface area contributed by atoms with Crippen LogP contribution in [0, 0.1) is 17.2 Å². The first-order valence-corrected chi connectivity index (χ1v) is 10.6. The van der Waals surface area contributed by atoms with Crippen molar-refractivity contribution in [3.63, 3.8) is 0 Å². The molecular formula is C22H28N3OS+. The summed E-state index contributed by atoms with van der Waals surface area (Å²) in [5.74, 6) is 0.382. The highest BCUT2D eigenvalue weighted by Crippen LogP contribution is 2.38. The van der Waals surface area contributed by atoms with Crippen molar-refractivity contribution in [3.8, 4) is 6.07 Å². The van der Waals surface area contributed by atoms with Gasteiger partial charge in [0, 0.05) is 16.4 Å². The number of nitrogens with two attached hydrogens (primary N) is 1. The summed E-state index contributed by atoms with van der Waals surface area (Å²) < 4.78 is 0. The molecule has 4 nitrogen and oxygen atoms in total. The SMILES string of the molecule is CCc1ccc([C@@H]([NH2+]CC(=O)Nc2sc3c(c2C#N)CCC3)C(C)C)cc1. The van der Waals surface area contributed by atoms with Gasteiger partial charge >= 0.3 is 0 Å². The normalized spacial score (nSPS) is 14.0. The fourth-order valence-corrected chi connectivity index (χ4v) is 5.05. The molecule has 1 heterocycles. The molecule has 0 radical (unpaired) electrons. The summed E-state index contributed by atoms with van der Waals surface area (Å²) >= 11 is 1.57. The predicted molar refractivity (Wildman–Crippen MR) is 110 cm³/mol. The van der Waals surface area contributed by atoms with E-state index in [0.29, 0.717) is 18.0 Å². The third kappa shape index (κ3) is 4.40. The Morgan fingerprint density at radius 1 is 1.30 bits per heavy atom. The van der Waals surface area contributed by atoms with E-state index in [0.717, 1.165) is 36.2 Å². The van der Waals surface area contributed by atoms with Crippen molar-refractivity contribution in [2.75, 3.05) is 11.9 Å². The molecule has 1 aliphatic rings. The Morgan fingerprint density at radius 2 is 2.04 bits per heavy atom. The third-order valence-electron chi connectivity index (χ3n) is 5.33. The molecular weight excluding hydrogens is 354 g/mol. The van der Waals surface area contributed by atoms with Crippen LogP contribution in [0.15, 0.2) is 24.3 Å². The lowest BCUT2D eigenvalue weighted by Gasteiger charge is -2.19. The molecule has 5 heteroatoms. The molecule has 1 atom stereocenters. The van der Waals surface area contributed by atoms with Crippen molar-refractivity contribution in [1.29, 1.82) is 5.26 Å². The van der Waals surface area contributed by atoms with Gasteiger partial charge in [-0.3, -0.25) is 4.79 Å². The number of quaternary nitrogens is 1. The molecule has 3 N–H and O–H groups in total. The first kappa shape index (κ1) is 19.6. The first-order valence-electron chi connectivity index (χ1n) is 9.80. The molecule has 0 saturated carbocycles. The lowest BCUT2D eigenvalue weighted by molar-refractivity contribution is -0.692. The number of anilines is 1. The van der Waals surface area contributed by atoms with Crippen molar-refractivity contribution in [1.82, 2.24) is 0 Å². The Labute approximate surface area is 165 Å². The number of thiophene rings is 1. The Morgan fingerprint density at radius 3 is 2.67 bits per heavy atom. The summed E-state index contributed by atoms with van der Waals surface area (Å²) in [6.45, 7) is 6.88. The van der Waals surface area contributed by atoms with Gasteiger partial charge in [0.25, 0.3) is 5.91 Å². The number of benzene rings is 1. The van der Waals surface area contributed by atoms with Crippen LogP contribution in [0.3, 0.4) is 0 Å². The van der Waals surface area contributed by atoms with Crippen LogP contribution in [-0.4, -0.2) is 12.5 Å². The van der Waals surface area contributed by atoms with Gasteiger partial charge in [0.2, 0.25) is 0 Å². The van der Waals surface area contributed by atoms with Gasteiger partial charge in [0.05, 0.1) is 5.56 Å². The molecule has 142 valence electrons. The molecule has 1 aliphatic carbocycles. The van der Waals surface area contributed by atoms with Gasteiger partial charge in [0.1, 0.15) is 17.1 Å². The van der Waals surface area contributed by atoms with Crippen molar-refractivity contribution in [2.45, 2.75) is 52.5 Å². The number of nitrogens with one attached hydrogen (secondary N) is 1. The molecule has 1 aromatic carbocycles. The molecule has 0 bridgehead atoms. The number of carbonyl (C=O) groups excluding carboxylic acids is 1. The van der Waals surface area contributed by atoms with Crippen LogP contribution in [0.1, 0.15) is 60.4 Å². The average Bonchev–Trinajstić information content (AvgIpc) is 3.22. The van der Waals surface area contributed by atoms with E-state index in [1.807, 2.05) is 0 Å². The van der Waals surface area contributed by atoms with Gasteiger partial charge in [-0.2, -0.15) is 5.26 Å². The zero-order chi connectivity index (χ0) is 19.4. The second kappa shape index (κ2) is 8.69. The van der Waals surface area contributed by atoms with E-state index < -0.39 is 0 Å². The maximum absolute atomic E-state index is 12.5. The monoisotopic (exact) mass is 382 g/mol. The zero-order valence-electron chi connectivity index (χ0n) is 16.3. The zero-order valence-corrected chi connectivity index (χ0v) is 17.2. The van der Waals surface area contributed by atoms with Crippen molar-refractivity contribution in [3.05, 3.63) is 51.4 Å². The molecule has 0 saturated heterocycles. The Kier molecular flexibility index (Phi) is 6.30. The molecule has 0 fully saturated rings. The minimum atomic E-state index is -0.0396. The highest BCUT2D eigenvalue weighted by atomic mass is 32.1. The lowest BCUT2D eigenvalue weighted by Crippen LogP contribution is -2.88. The van der Waals surface area contributed by atoms with E-state index in [4.69, 9.17) is 0 Å². The molecule has 0 spiro atoms. The van der Waals surface area contributed by atoms with Crippen LogP contribution in [-0.2, 0) is 24.1 Å². The molecule has 3 rings (SSSR count). The topological polar surface area (TPSA) is 69.5 Å². The van der Waals surface area contributed by atoms with Crippen LogP contribution in [0.2, 0.25) is 0 Å². The number of carbonyl (C=O) groups is 1. The van der Waals surface area contributed by atoms with Gasteiger partial charge in [-0.15, -0.1) is 11.3 Å². The summed E-state index contributed by atoms with van der Waals surface area (Å²) in [6, 6.07) is 11.2. The Hall–Kier alpha value is -2.16. The predicted octanol–water partition coefficient (Wildman–Crippen LogP) is 3.57. The van der Waals surface area contributed by atoms with Crippen LogP contribution >= 0.6 is 11.3 Å². The standard InChI is InChI=1S/C22H27N3OS/c1-4-15-8-10-16(11-9-15)21(14(2)3)24-13-20(26)25-22-18(12-23)17-6-5-7-19(17)27-22/h8-11,14,21,24H,4-7,13H2,1-3H3,(H,25,26)/p+1/t21-/m0/s1. The summed E-state index contributed by atoms with van der Waals surface area (Å²) in [7, 11) is 0. The maximum Gasteiger partial charge on any atom is 0.280 e. The number of fused-ring (bicyclic) bond motifs is 1. The van der Waals surface area contributed by atoms with E-state index in [9.17, 15) is 10.1 Å².